The van der Waals surface area contributed by atoms with Crippen molar-refractivity contribution in [2.24, 2.45) is 0 Å². The lowest BCUT2D eigenvalue weighted by Crippen LogP contribution is -2.22. The number of thiophene rings is 1. The van der Waals surface area contributed by atoms with Gasteiger partial charge in [0.1, 0.15) is 0 Å². The lowest BCUT2D eigenvalue weighted by Gasteiger charge is -2.18. The average molecular weight is 268 g/mol. The quantitative estimate of drug-likeness (QED) is 0.894. The van der Waals surface area contributed by atoms with E-state index in [9.17, 15) is 0 Å². The Balaban J connectivity index is 1.75. The second-order valence-corrected chi connectivity index (χ2v) is 6.21. The number of H-pyrrole nitrogens is 1. The topological polar surface area (TPSA) is 40.7 Å². The Hall–Kier alpha value is -0.840. The van der Waals surface area contributed by atoms with E-state index in [2.05, 4.69) is 28.5 Å². The van der Waals surface area contributed by atoms with Crippen molar-refractivity contribution in [2.75, 3.05) is 0 Å². The number of aryl methyl sites for hydroxylation is 1. The first-order chi connectivity index (χ1) is 8.24. The first kappa shape index (κ1) is 11.3. The molecule has 2 N–H and O–H groups in total. The molecule has 0 aromatic carbocycles. The van der Waals surface area contributed by atoms with Crippen LogP contribution in [-0.2, 0) is 6.42 Å². The van der Waals surface area contributed by atoms with Crippen molar-refractivity contribution in [2.45, 2.75) is 31.8 Å². The third kappa shape index (κ3) is 2.12. The third-order valence-corrected chi connectivity index (χ3v) is 4.66. The molecule has 2 unspecified atom stereocenters. The summed E-state index contributed by atoms with van der Waals surface area (Å²) in [5.41, 5.74) is 2.58. The lowest BCUT2D eigenvalue weighted by molar-refractivity contribution is 0.465. The zero-order valence-electron chi connectivity index (χ0n) is 9.53. The molecule has 2 atom stereocenters. The van der Waals surface area contributed by atoms with Crippen molar-refractivity contribution < 1.29 is 0 Å². The Morgan fingerprint density at radius 1 is 1.65 bits per heavy atom. The highest BCUT2D eigenvalue weighted by molar-refractivity contribution is 7.16. The SMILES string of the molecule is CC(NC1CCc2sc(Cl)cc21)c1cn[nH]c1. The highest BCUT2D eigenvalue weighted by Gasteiger charge is 2.26. The average Bonchev–Trinajstić information content (AvgIpc) is 2.96. The number of aromatic amines is 1. The van der Waals surface area contributed by atoms with E-state index < -0.39 is 0 Å². The molecular weight excluding hydrogens is 254 g/mol. The maximum absolute atomic E-state index is 6.06. The van der Waals surface area contributed by atoms with E-state index in [1.54, 1.807) is 11.3 Å². The van der Waals surface area contributed by atoms with Gasteiger partial charge in [-0.1, -0.05) is 11.6 Å². The van der Waals surface area contributed by atoms with Crippen LogP contribution in [0, 0.1) is 0 Å². The molecule has 1 aliphatic rings. The molecule has 0 saturated heterocycles. The van der Waals surface area contributed by atoms with Gasteiger partial charge in [0.15, 0.2) is 0 Å². The summed E-state index contributed by atoms with van der Waals surface area (Å²) in [5.74, 6) is 0. The molecule has 3 nitrogen and oxygen atoms in total. The van der Waals surface area contributed by atoms with Crippen molar-refractivity contribution in [3.63, 3.8) is 0 Å². The van der Waals surface area contributed by atoms with Gasteiger partial charge in [-0.05, 0) is 31.4 Å². The van der Waals surface area contributed by atoms with E-state index in [0.29, 0.717) is 12.1 Å². The Bertz CT molecular complexity index is 506. The number of nitrogens with zero attached hydrogens (tertiary/aromatic N) is 1. The molecule has 0 aliphatic heterocycles. The highest BCUT2D eigenvalue weighted by Crippen LogP contribution is 2.40. The summed E-state index contributed by atoms with van der Waals surface area (Å²) in [6.07, 6.45) is 6.12. The number of halogens is 1. The van der Waals surface area contributed by atoms with Gasteiger partial charge in [0, 0.05) is 28.7 Å². The molecule has 0 spiro atoms. The van der Waals surface area contributed by atoms with E-state index in [0.717, 1.165) is 10.8 Å². The van der Waals surface area contributed by atoms with E-state index in [1.165, 1.54) is 22.4 Å². The Labute approximate surface area is 109 Å². The second-order valence-electron chi connectivity index (χ2n) is 4.44. The van der Waals surface area contributed by atoms with Crippen molar-refractivity contribution in [1.82, 2.24) is 15.5 Å². The van der Waals surface area contributed by atoms with Crippen LogP contribution in [0.15, 0.2) is 18.5 Å². The maximum Gasteiger partial charge on any atom is 0.0934 e. The van der Waals surface area contributed by atoms with Gasteiger partial charge >= 0.3 is 0 Å². The fourth-order valence-electron chi connectivity index (χ4n) is 2.40. The zero-order valence-corrected chi connectivity index (χ0v) is 11.1. The molecule has 0 radical (unpaired) electrons. The number of aromatic nitrogens is 2. The van der Waals surface area contributed by atoms with E-state index >= 15 is 0 Å². The van der Waals surface area contributed by atoms with Crippen molar-refractivity contribution in [3.05, 3.63) is 38.8 Å². The van der Waals surface area contributed by atoms with Crippen LogP contribution >= 0.6 is 22.9 Å². The highest BCUT2D eigenvalue weighted by atomic mass is 35.5. The summed E-state index contributed by atoms with van der Waals surface area (Å²) in [7, 11) is 0. The molecule has 5 heteroatoms. The summed E-state index contributed by atoms with van der Waals surface area (Å²) in [4.78, 5) is 1.44. The van der Waals surface area contributed by atoms with Gasteiger partial charge in [0.2, 0.25) is 0 Å². The van der Waals surface area contributed by atoms with Gasteiger partial charge in [0.25, 0.3) is 0 Å². The predicted octanol–water partition coefficient (Wildman–Crippen LogP) is 3.46. The normalized spacial score (nSPS) is 20.5. The monoisotopic (exact) mass is 267 g/mol. The summed E-state index contributed by atoms with van der Waals surface area (Å²) < 4.78 is 0.900. The molecule has 2 heterocycles. The van der Waals surface area contributed by atoms with Crippen LogP contribution in [-0.4, -0.2) is 10.2 Å². The van der Waals surface area contributed by atoms with Gasteiger partial charge in [0.05, 0.1) is 10.5 Å². The van der Waals surface area contributed by atoms with Crippen LogP contribution in [0.2, 0.25) is 4.34 Å². The number of hydrogen-bond acceptors (Lipinski definition) is 3. The van der Waals surface area contributed by atoms with E-state index in [1.807, 2.05) is 12.4 Å². The standard InChI is InChI=1S/C12H14ClN3S/c1-7(8-5-14-15-6-8)16-10-2-3-11-9(10)4-12(13)17-11/h4-7,10,16H,2-3H2,1H3,(H,14,15). The lowest BCUT2D eigenvalue weighted by atomic mass is 10.1. The molecular formula is C12H14ClN3S. The number of fused-ring (bicyclic) bond motifs is 1. The second kappa shape index (κ2) is 4.44. The fourth-order valence-corrected chi connectivity index (χ4v) is 3.76. The molecule has 2 aromatic rings. The molecule has 0 amide bonds. The van der Waals surface area contributed by atoms with Crippen LogP contribution in [0.3, 0.4) is 0 Å². The molecule has 90 valence electrons. The summed E-state index contributed by atoms with van der Waals surface area (Å²) in [6.45, 7) is 2.16. The Kier molecular flexibility index (Phi) is 2.94. The van der Waals surface area contributed by atoms with Gasteiger partial charge in [-0.15, -0.1) is 11.3 Å². The third-order valence-electron chi connectivity index (χ3n) is 3.32. The molecule has 3 rings (SSSR count). The van der Waals surface area contributed by atoms with Crippen LogP contribution < -0.4 is 5.32 Å². The minimum atomic E-state index is 0.309. The summed E-state index contributed by atoms with van der Waals surface area (Å²) >= 11 is 7.77. The zero-order chi connectivity index (χ0) is 11.8. The number of hydrogen-bond donors (Lipinski definition) is 2. The summed E-state index contributed by atoms with van der Waals surface area (Å²) in [6, 6.07) is 2.84. The largest absolute Gasteiger partial charge is 0.303 e. The van der Waals surface area contributed by atoms with Crippen molar-refractivity contribution in [3.8, 4) is 0 Å². The molecule has 1 aliphatic carbocycles. The van der Waals surface area contributed by atoms with Gasteiger partial charge in [-0.3, -0.25) is 5.10 Å². The van der Waals surface area contributed by atoms with Crippen LogP contribution in [0.4, 0.5) is 0 Å². The van der Waals surface area contributed by atoms with Gasteiger partial charge in [-0.25, -0.2) is 0 Å². The molecule has 0 saturated carbocycles. The van der Waals surface area contributed by atoms with Crippen molar-refractivity contribution in [1.29, 1.82) is 0 Å². The van der Waals surface area contributed by atoms with E-state index in [-0.39, 0.29) is 0 Å². The van der Waals surface area contributed by atoms with Crippen LogP contribution in [0.5, 0.6) is 0 Å². The minimum absolute atomic E-state index is 0.309. The Morgan fingerprint density at radius 3 is 3.29 bits per heavy atom. The predicted molar refractivity (Wildman–Crippen MR) is 70.5 cm³/mol. The van der Waals surface area contributed by atoms with Crippen LogP contribution in [0.1, 0.15) is 41.4 Å². The first-order valence-corrected chi connectivity index (χ1v) is 6.96. The smallest absolute Gasteiger partial charge is 0.0934 e. The molecule has 17 heavy (non-hydrogen) atoms. The maximum atomic E-state index is 6.06. The number of nitrogens with one attached hydrogen (secondary N) is 2. The summed E-state index contributed by atoms with van der Waals surface area (Å²) in [5, 5.41) is 10.5. The van der Waals surface area contributed by atoms with Crippen molar-refractivity contribution >= 4 is 22.9 Å². The molecule has 0 bridgehead atoms. The molecule has 2 aromatic heterocycles. The molecule has 0 fully saturated rings. The number of rotatable bonds is 3. The fraction of sp³-hybridized carbons (Fsp3) is 0.417. The van der Waals surface area contributed by atoms with Crippen LogP contribution in [0.25, 0.3) is 0 Å². The minimum Gasteiger partial charge on any atom is -0.303 e. The Morgan fingerprint density at radius 2 is 2.53 bits per heavy atom. The first-order valence-electron chi connectivity index (χ1n) is 5.77. The van der Waals surface area contributed by atoms with Gasteiger partial charge in [-0.2, -0.15) is 5.10 Å². The van der Waals surface area contributed by atoms with E-state index in [4.69, 9.17) is 11.6 Å². The van der Waals surface area contributed by atoms with Gasteiger partial charge < -0.3 is 5.32 Å².